The van der Waals surface area contributed by atoms with E-state index in [4.69, 9.17) is 23.1 Å². The first-order valence-corrected chi connectivity index (χ1v) is 4.15. The molecule has 0 radical (unpaired) electrons. The molecule has 0 aliphatic heterocycles. The number of carbonyl (C=O) groups is 1. The van der Waals surface area contributed by atoms with Crippen LogP contribution >= 0.6 is 11.6 Å². The standard InChI is InChI=1S/C8H9ClFN3O/c9-4-1-7(13-3-8(12)14)6(11)2-5(4)10/h1-2,13H,3,11H2,(H2,12,14). The van der Waals surface area contributed by atoms with Gasteiger partial charge >= 0.3 is 0 Å². The number of carbonyl (C=O) groups excluding carboxylic acids is 1. The third-order valence-electron chi connectivity index (χ3n) is 1.55. The first kappa shape index (κ1) is 10.6. The molecular formula is C8H9ClFN3O. The van der Waals surface area contributed by atoms with Crippen molar-refractivity contribution in [3.8, 4) is 0 Å². The predicted molar refractivity (Wildman–Crippen MR) is 53.5 cm³/mol. The summed E-state index contributed by atoms with van der Waals surface area (Å²) in [4.78, 5) is 10.4. The number of nitrogen functional groups attached to an aromatic ring is 1. The Morgan fingerprint density at radius 2 is 2.21 bits per heavy atom. The fourth-order valence-corrected chi connectivity index (χ4v) is 1.06. The minimum Gasteiger partial charge on any atom is -0.397 e. The zero-order valence-electron chi connectivity index (χ0n) is 7.18. The molecule has 0 fully saturated rings. The van der Waals surface area contributed by atoms with Crippen molar-refractivity contribution in [3.63, 3.8) is 0 Å². The molecule has 0 aliphatic carbocycles. The van der Waals surface area contributed by atoms with Gasteiger partial charge in [-0.05, 0) is 6.07 Å². The molecule has 5 N–H and O–H groups in total. The molecule has 0 saturated heterocycles. The normalized spacial score (nSPS) is 9.86. The molecule has 0 aromatic heterocycles. The number of hydrogen-bond donors (Lipinski definition) is 3. The van der Waals surface area contributed by atoms with Gasteiger partial charge in [-0.2, -0.15) is 0 Å². The van der Waals surface area contributed by atoms with Crippen LogP contribution in [0.5, 0.6) is 0 Å². The van der Waals surface area contributed by atoms with Gasteiger partial charge in [-0.1, -0.05) is 11.6 Å². The molecule has 0 aliphatic rings. The fourth-order valence-electron chi connectivity index (χ4n) is 0.898. The Hall–Kier alpha value is -1.49. The highest BCUT2D eigenvalue weighted by Gasteiger charge is 2.06. The summed E-state index contributed by atoms with van der Waals surface area (Å²) in [5, 5.41) is 2.57. The number of nitrogens with two attached hydrogens (primary N) is 2. The largest absolute Gasteiger partial charge is 0.397 e. The van der Waals surface area contributed by atoms with Crippen LogP contribution in [-0.4, -0.2) is 12.5 Å². The van der Waals surface area contributed by atoms with Crippen molar-refractivity contribution < 1.29 is 9.18 Å². The minimum absolute atomic E-state index is 0.0637. The number of benzene rings is 1. The maximum atomic E-state index is 12.8. The zero-order chi connectivity index (χ0) is 10.7. The van der Waals surface area contributed by atoms with Crippen LogP contribution in [0.2, 0.25) is 5.02 Å². The Labute approximate surface area is 85.0 Å². The van der Waals surface area contributed by atoms with E-state index < -0.39 is 11.7 Å². The quantitative estimate of drug-likeness (QED) is 0.660. The smallest absolute Gasteiger partial charge is 0.236 e. The SMILES string of the molecule is NC(=O)CNc1cc(Cl)c(F)cc1N. The highest BCUT2D eigenvalue weighted by molar-refractivity contribution is 6.31. The second-order valence-corrected chi connectivity index (χ2v) is 3.08. The van der Waals surface area contributed by atoms with Gasteiger partial charge in [-0.25, -0.2) is 4.39 Å². The molecule has 4 nitrogen and oxygen atoms in total. The molecule has 0 spiro atoms. The molecule has 6 heteroatoms. The fraction of sp³-hybridized carbons (Fsp3) is 0.125. The average molecular weight is 218 g/mol. The molecule has 1 aromatic carbocycles. The van der Waals surface area contributed by atoms with Crippen molar-refractivity contribution in [2.75, 3.05) is 17.6 Å². The Morgan fingerprint density at radius 3 is 2.79 bits per heavy atom. The lowest BCUT2D eigenvalue weighted by Crippen LogP contribution is -2.22. The zero-order valence-corrected chi connectivity index (χ0v) is 7.94. The number of primary amides is 1. The lowest BCUT2D eigenvalue weighted by Gasteiger charge is -2.08. The third-order valence-corrected chi connectivity index (χ3v) is 1.84. The van der Waals surface area contributed by atoms with Crippen LogP contribution in [0.15, 0.2) is 12.1 Å². The van der Waals surface area contributed by atoms with Crippen LogP contribution in [0.3, 0.4) is 0 Å². The van der Waals surface area contributed by atoms with Crippen molar-refractivity contribution in [2.45, 2.75) is 0 Å². The second kappa shape index (κ2) is 4.15. The van der Waals surface area contributed by atoms with Crippen molar-refractivity contribution in [2.24, 2.45) is 5.73 Å². The van der Waals surface area contributed by atoms with Crippen LogP contribution in [-0.2, 0) is 4.79 Å². The summed E-state index contributed by atoms with van der Waals surface area (Å²) in [6, 6.07) is 2.38. The van der Waals surface area contributed by atoms with E-state index in [1.54, 1.807) is 0 Å². The summed E-state index contributed by atoms with van der Waals surface area (Å²) >= 11 is 5.51. The third kappa shape index (κ3) is 2.50. The van der Waals surface area contributed by atoms with E-state index in [-0.39, 0.29) is 17.3 Å². The molecular weight excluding hydrogens is 209 g/mol. The summed E-state index contributed by atoms with van der Waals surface area (Å²) in [6.45, 7) is -0.0772. The van der Waals surface area contributed by atoms with Gasteiger partial charge in [-0.15, -0.1) is 0 Å². The van der Waals surface area contributed by atoms with Crippen molar-refractivity contribution in [1.82, 2.24) is 0 Å². The van der Waals surface area contributed by atoms with Gasteiger partial charge in [0.25, 0.3) is 0 Å². The molecule has 1 rings (SSSR count). The summed E-state index contributed by atoms with van der Waals surface area (Å²) in [7, 11) is 0. The van der Waals surface area contributed by atoms with Gasteiger partial charge in [0.15, 0.2) is 0 Å². The van der Waals surface area contributed by atoms with Crippen molar-refractivity contribution in [1.29, 1.82) is 0 Å². The van der Waals surface area contributed by atoms with Crippen LogP contribution < -0.4 is 16.8 Å². The van der Waals surface area contributed by atoms with Gasteiger partial charge in [0.2, 0.25) is 5.91 Å². The lowest BCUT2D eigenvalue weighted by molar-refractivity contribution is -0.116. The monoisotopic (exact) mass is 217 g/mol. The molecule has 14 heavy (non-hydrogen) atoms. The van der Waals surface area contributed by atoms with E-state index in [9.17, 15) is 9.18 Å². The van der Waals surface area contributed by atoms with Gasteiger partial charge in [0.1, 0.15) is 5.82 Å². The van der Waals surface area contributed by atoms with Crippen molar-refractivity contribution in [3.05, 3.63) is 23.0 Å². The number of amides is 1. The van der Waals surface area contributed by atoms with Crippen LogP contribution in [0.1, 0.15) is 0 Å². The van der Waals surface area contributed by atoms with E-state index >= 15 is 0 Å². The Kier molecular flexibility index (Phi) is 3.14. The molecule has 0 heterocycles. The maximum absolute atomic E-state index is 12.8. The summed E-state index contributed by atoms with van der Waals surface area (Å²) in [5.74, 6) is -1.14. The highest BCUT2D eigenvalue weighted by Crippen LogP contribution is 2.25. The molecule has 1 aromatic rings. The van der Waals surface area contributed by atoms with Crippen LogP contribution in [0.25, 0.3) is 0 Å². The van der Waals surface area contributed by atoms with Gasteiger partial charge in [-0.3, -0.25) is 4.79 Å². The van der Waals surface area contributed by atoms with Gasteiger partial charge in [0, 0.05) is 6.07 Å². The Morgan fingerprint density at radius 1 is 1.57 bits per heavy atom. The van der Waals surface area contributed by atoms with E-state index in [0.717, 1.165) is 6.07 Å². The van der Waals surface area contributed by atoms with E-state index in [1.807, 2.05) is 0 Å². The molecule has 1 amide bonds. The van der Waals surface area contributed by atoms with Gasteiger partial charge < -0.3 is 16.8 Å². The van der Waals surface area contributed by atoms with Crippen LogP contribution in [0, 0.1) is 5.82 Å². The molecule has 0 atom stereocenters. The summed E-state index contributed by atoms with van der Waals surface area (Å²) < 4.78 is 12.8. The van der Waals surface area contributed by atoms with E-state index in [2.05, 4.69) is 5.32 Å². The Bertz CT molecular complexity index is 370. The van der Waals surface area contributed by atoms with E-state index in [1.165, 1.54) is 6.07 Å². The number of anilines is 2. The number of hydrogen-bond acceptors (Lipinski definition) is 3. The molecule has 76 valence electrons. The van der Waals surface area contributed by atoms with Gasteiger partial charge in [0.05, 0.1) is 22.9 Å². The first-order chi connectivity index (χ1) is 6.50. The van der Waals surface area contributed by atoms with E-state index in [0.29, 0.717) is 5.69 Å². The predicted octanol–water partition coefficient (Wildman–Crippen LogP) is 0.958. The Balaban J connectivity index is 2.87. The lowest BCUT2D eigenvalue weighted by atomic mass is 10.2. The average Bonchev–Trinajstić information content (AvgIpc) is 2.09. The number of halogens is 2. The second-order valence-electron chi connectivity index (χ2n) is 2.67. The topological polar surface area (TPSA) is 81.1 Å². The van der Waals surface area contributed by atoms with Crippen molar-refractivity contribution >= 4 is 28.9 Å². The molecule has 0 unspecified atom stereocenters. The summed E-state index contributed by atoms with van der Waals surface area (Å²) in [6.07, 6.45) is 0. The number of nitrogens with one attached hydrogen (secondary N) is 1. The number of rotatable bonds is 3. The summed E-state index contributed by atoms with van der Waals surface area (Å²) in [5.41, 5.74) is 10.9. The minimum atomic E-state index is -0.603. The highest BCUT2D eigenvalue weighted by atomic mass is 35.5. The molecule has 0 bridgehead atoms. The van der Waals surface area contributed by atoms with Crippen LogP contribution in [0.4, 0.5) is 15.8 Å². The first-order valence-electron chi connectivity index (χ1n) is 3.77. The maximum Gasteiger partial charge on any atom is 0.236 e. The molecule has 0 saturated carbocycles.